The number of aromatic nitrogens is 1. The third-order valence-electron chi connectivity index (χ3n) is 3.20. The van der Waals surface area contributed by atoms with Crippen LogP contribution in [0.1, 0.15) is 30.1 Å². The van der Waals surface area contributed by atoms with Crippen LogP contribution in [0, 0.1) is 0 Å². The normalized spacial score (nSPS) is 14.6. The van der Waals surface area contributed by atoms with E-state index in [0.29, 0.717) is 18.0 Å². The van der Waals surface area contributed by atoms with Crippen LogP contribution >= 0.6 is 0 Å². The maximum Gasteiger partial charge on any atom is 0.341 e. The molecule has 0 radical (unpaired) electrons. The summed E-state index contributed by atoms with van der Waals surface area (Å²) in [5.74, 6) is 0.268. The predicted molar refractivity (Wildman–Crippen MR) is 78.9 cm³/mol. The minimum absolute atomic E-state index is 0.329. The lowest BCUT2D eigenvalue weighted by atomic mass is 10.1. The molecule has 5 nitrogen and oxygen atoms in total. The first-order chi connectivity index (χ1) is 9.81. The van der Waals surface area contributed by atoms with Crippen LogP contribution in [0.25, 0.3) is 0 Å². The van der Waals surface area contributed by atoms with Gasteiger partial charge < -0.3 is 15.4 Å². The fraction of sp³-hybridized carbons (Fsp3) is 0.467. The van der Waals surface area contributed by atoms with Crippen LogP contribution < -0.4 is 10.6 Å². The van der Waals surface area contributed by atoms with E-state index in [4.69, 9.17) is 4.74 Å². The van der Waals surface area contributed by atoms with E-state index in [1.54, 1.807) is 25.3 Å². The second-order valence-electron chi connectivity index (χ2n) is 4.61. The Morgan fingerprint density at radius 1 is 1.55 bits per heavy atom. The monoisotopic (exact) mass is 275 g/mol. The molecular formula is C15H21N3O2. The first-order valence-corrected chi connectivity index (χ1v) is 7.06. The number of esters is 1. The Morgan fingerprint density at radius 2 is 2.45 bits per heavy atom. The minimum atomic E-state index is -0.329. The quantitative estimate of drug-likeness (QED) is 0.614. The highest BCUT2D eigenvalue weighted by molar-refractivity contribution is 5.94. The highest BCUT2D eigenvalue weighted by atomic mass is 16.5. The van der Waals surface area contributed by atoms with Gasteiger partial charge in [-0.3, -0.25) is 0 Å². The van der Waals surface area contributed by atoms with Crippen molar-refractivity contribution in [1.82, 2.24) is 10.3 Å². The number of hydrogen-bond acceptors (Lipinski definition) is 5. The molecule has 1 aliphatic heterocycles. The molecule has 0 atom stereocenters. The molecule has 20 heavy (non-hydrogen) atoms. The van der Waals surface area contributed by atoms with E-state index < -0.39 is 0 Å². The van der Waals surface area contributed by atoms with Crippen molar-refractivity contribution in [3.63, 3.8) is 0 Å². The molecule has 1 aromatic rings. The zero-order valence-electron chi connectivity index (χ0n) is 11.8. The first kappa shape index (κ1) is 14.5. The number of rotatable bonds is 6. The summed E-state index contributed by atoms with van der Waals surface area (Å²) in [7, 11) is 0. The Kier molecular flexibility index (Phi) is 5.55. The number of nitrogens with one attached hydrogen (secondary N) is 2. The number of nitrogens with zero attached hydrogens (tertiary/aromatic N) is 1. The second kappa shape index (κ2) is 7.65. The number of anilines is 1. The van der Waals surface area contributed by atoms with Gasteiger partial charge in [-0.1, -0.05) is 11.6 Å². The molecule has 0 spiro atoms. The fourth-order valence-corrected chi connectivity index (χ4v) is 2.16. The molecule has 1 aromatic heterocycles. The van der Waals surface area contributed by atoms with E-state index in [9.17, 15) is 4.79 Å². The smallest absolute Gasteiger partial charge is 0.341 e. The molecule has 0 amide bonds. The summed E-state index contributed by atoms with van der Waals surface area (Å²) >= 11 is 0. The largest absolute Gasteiger partial charge is 0.462 e. The van der Waals surface area contributed by atoms with Gasteiger partial charge in [0.25, 0.3) is 0 Å². The van der Waals surface area contributed by atoms with Gasteiger partial charge in [-0.15, -0.1) is 0 Å². The molecule has 2 N–H and O–H groups in total. The molecule has 2 heterocycles. The van der Waals surface area contributed by atoms with E-state index >= 15 is 0 Å². The van der Waals surface area contributed by atoms with Gasteiger partial charge in [0.15, 0.2) is 0 Å². The molecule has 0 bridgehead atoms. The second-order valence-corrected chi connectivity index (χ2v) is 4.61. The summed E-state index contributed by atoms with van der Waals surface area (Å²) < 4.78 is 5.03. The molecule has 0 aromatic carbocycles. The number of pyridine rings is 1. The molecule has 0 unspecified atom stereocenters. The predicted octanol–water partition coefficient (Wildman–Crippen LogP) is 1.98. The minimum Gasteiger partial charge on any atom is -0.462 e. The van der Waals surface area contributed by atoms with Gasteiger partial charge in [0.1, 0.15) is 11.4 Å². The summed E-state index contributed by atoms with van der Waals surface area (Å²) in [6, 6.07) is 3.48. The lowest BCUT2D eigenvalue weighted by Crippen LogP contribution is -2.21. The van der Waals surface area contributed by atoms with Crippen LogP contribution in [0.5, 0.6) is 0 Å². The molecule has 0 fully saturated rings. The summed E-state index contributed by atoms with van der Waals surface area (Å²) in [5, 5.41) is 6.52. The lowest BCUT2D eigenvalue weighted by molar-refractivity contribution is 0.0527. The van der Waals surface area contributed by atoms with E-state index in [2.05, 4.69) is 21.7 Å². The molecule has 0 aliphatic carbocycles. The van der Waals surface area contributed by atoms with Crippen LogP contribution in [0.4, 0.5) is 5.82 Å². The topological polar surface area (TPSA) is 63.2 Å². The van der Waals surface area contributed by atoms with Gasteiger partial charge in [0.2, 0.25) is 0 Å². The molecular weight excluding hydrogens is 254 g/mol. The van der Waals surface area contributed by atoms with Crippen molar-refractivity contribution in [3.05, 3.63) is 35.5 Å². The SMILES string of the molecule is CCOC(=O)c1cccnc1NCCC1=CCNCC1. The van der Waals surface area contributed by atoms with Crippen LogP contribution in [-0.2, 0) is 4.74 Å². The number of ether oxygens (including phenoxy) is 1. The third kappa shape index (κ3) is 4.06. The van der Waals surface area contributed by atoms with Crippen molar-refractivity contribution < 1.29 is 9.53 Å². The maximum absolute atomic E-state index is 11.8. The fourth-order valence-electron chi connectivity index (χ4n) is 2.16. The van der Waals surface area contributed by atoms with Gasteiger partial charge in [0.05, 0.1) is 6.61 Å². The van der Waals surface area contributed by atoms with Crippen molar-refractivity contribution in [2.45, 2.75) is 19.8 Å². The van der Waals surface area contributed by atoms with E-state index in [-0.39, 0.29) is 5.97 Å². The molecule has 0 saturated heterocycles. The Labute approximate surface area is 119 Å². The average Bonchev–Trinajstić information content (AvgIpc) is 2.49. The van der Waals surface area contributed by atoms with Crippen LogP contribution in [0.2, 0.25) is 0 Å². The zero-order valence-corrected chi connectivity index (χ0v) is 11.8. The highest BCUT2D eigenvalue weighted by Crippen LogP contribution is 2.14. The van der Waals surface area contributed by atoms with Gasteiger partial charge in [-0.05, 0) is 38.4 Å². The molecule has 1 aliphatic rings. The van der Waals surface area contributed by atoms with Crippen molar-refractivity contribution in [1.29, 1.82) is 0 Å². The highest BCUT2D eigenvalue weighted by Gasteiger charge is 2.12. The molecule has 5 heteroatoms. The molecule has 108 valence electrons. The Bertz CT molecular complexity index is 486. The number of carbonyl (C=O) groups is 1. The molecule has 0 saturated carbocycles. The van der Waals surface area contributed by atoms with E-state index in [1.807, 2.05) is 0 Å². The summed E-state index contributed by atoms with van der Waals surface area (Å²) in [4.78, 5) is 16.0. The standard InChI is InChI=1S/C15H21N3O2/c1-2-20-15(19)13-4-3-8-17-14(13)18-11-7-12-5-9-16-10-6-12/h3-5,8,16H,2,6-7,9-11H2,1H3,(H,17,18). The maximum atomic E-state index is 11.8. The van der Waals surface area contributed by atoms with Gasteiger partial charge in [0, 0.05) is 19.3 Å². The lowest BCUT2D eigenvalue weighted by Gasteiger charge is -2.15. The summed E-state index contributed by atoms with van der Waals surface area (Å²) in [6.07, 6.45) is 5.97. The van der Waals surface area contributed by atoms with E-state index in [1.165, 1.54) is 5.57 Å². The van der Waals surface area contributed by atoms with Crippen LogP contribution in [-0.4, -0.2) is 37.2 Å². The third-order valence-corrected chi connectivity index (χ3v) is 3.20. The summed E-state index contributed by atoms with van der Waals surface area (Å²) in [5.41, 5.74) is 1.94. The van der Waals surface area contributed by atoms with Crippen molar-refractivity contribution in [2.24, 2.45) is 0 Å². The Morgan fingerprint density at radius 3 is 3.20 bits per heavy atom. The van der Waals surface area contributed by atoms with Gasteiger partial charge >= 0.3 is 5.97 Å². The van der Waals surface area contributed by atoms with Gasteiger partial charge in [-0.25, -0.2) is 9.78 Å². The Hall–Kier alpha value is -1.88. The molecule has 2 rings (SSSR count). The van der Waals surface area contributed by atoms with Crippen LogP contribution in [0.3, 0.4) is 0 Å². The number of hydrogen-bond donors (Lipinski definition) is 2. The van der Waals surface area contributed by atoms with Crippen molar-refractivity contribution in [2.75, 3.05) is 31.6 Å². The van der Waals surface area contributed by atoms with Gasteiger partial charge in [-0.2, -0.15) is 0 Å². The Balaban J connectivity index is 1.92. The average molecular weight is 275 g/mol. The van der Waals surface area contributed by atoms with Crippen molar-refractivity contribution >= 4 is 11.8 Å². The number of carbonyl (C=O) groups excluding carboxylic acids is 1. The van der Waals surface area contributed by atoms with Crippen molar-refractivity contribution in [3.8, 4) is 0 Å². The zero-order chi connectivity index (χ0) is 14.2. The first-order valence-electron chi connectivity index (χ1n) is 7.06. The summed E-state index contributed by atoms with van der Waals surface area (Å²) in [6.45, 7) is 4.93. The van der Waals surface area contributed by atoms with E-state index in [0.717, 1.165) is 32.5 Å². The van der Waals surface area contributed by atoms with Crippen LogP contribution in [0.15, 0.2) is 30.0 Å².